The molecular formula is C21H21ClFN3O2S. The normalized spacial score (nSPS) is 17.4. The summed E-state index contributed by atoms with van der Waals surface area (Å²) in [5, 5.41) is 1.21. The number of fused-ring (bicyclic) bond motifs is 3. The maximum atomic E-state index is 13.5. The molecule has 1 saturated heterocycles. The van der Waals surface area contributed by atoms with Gasteiger partial charge in [-0.1, -0.05) is 11.6 Å². The monoisotopic (exact) mass is 433 g/mol. The molecule has 1 aliphatic carbocycles. The van der Waals surface area contributed by atoms with Crippen LogP contribution < -0.4 is 4.74 Å². The van der Waals surface area contributed by atoms with Gasteiger partial charge in [0.2, 0.25) is 5.88 Å². The second-order valence-electron chi connectivity index (χ2n) is 7.40. The molecule has 0 atom stereocenters. The summed E-state index contributed by atoms with van der Waals surface area (Å²) in [7, 11) is 0. The highest BCUT2D eigenvalue weighted by Gasteiger charge is 2.23. The Morgan fingerprint density at radius 3 is 2.83 bits per heavy atom. The summed E-state index contributed by atoms with van der Waals surface area (Å²) in [6, 6.07) is 4.15. The molecular weight excluding hydrogens is 413 g/mol. The number of morpholine rings is 1. The van der Waals surface area contributed by atoms with Crippen LogP contribution in [0.25, 0.3) is 10.2 Å². The van der Waals surface area contributed by atoms with Crippen molar-refractivity contribution in [1.29, 1.82) is 0 Å². The molecule has 0 radical (unpaired) electrons. The first-order valence-corrected chi connectivity index (χ1v) is 11.1. The minimum atomic E-state index is -0.392. The van der Waals surface area contributed by atoms with E-state index < -0.39 is 5.82 Å². The third kappa shape index (κ3) is 3.97. The molecule has 2 aromatic heterocycles. The Morgan fingerprint density at radius 2 is 2.00 bits per heavy atom. The molecule has 0 N–H and O–H groups in total. The zero-order chi connectivity index (χ0) is 19.8. The van der Waals surface area contributed by atoms with Crippen LogP contribution in [0.5, 0.6) is 11.6 Å². The van der Waals surface area contributed by atoms with Crippen LogP contribution in [0, 0.1) is 5.82 Å². The number of aryl methyl sites for hydroxylation is 2. The summed E-state index contributed by atoms with van der Waals surface area (Å²) in [6.07, 6.45) is 4.44. The van der Waals surface area contributed by atoms with Crippen molar-refractivity contribution in [2.75, 3.05) is 26.3 Å². The minimum absolute atomic E-state index is 0.232. The molecule has 3 aromatic rings. The zero-order valence-corrected chi connectivity index (χ0v) is 17.5. The molecule has 1 aromatic carbocycles. The fourth-order valence-electron chi connectivity index (χ4n) is 3.93. The molecule has 0 bridgehead atoms. The van der Waals surface area contributed by atoms with Gasteiger partial charge in [-0.3, -0.25) is 4.90 Å². The topological polar surface area (TPSA) is 47.5 Å². The van der Waals surface area contributed by atoms with E-state index in [0.717, 1.165) is 61.6 Å². The van der Waals surface area contributed by atoms with E-state index in [1.807, 2.05) is 0 Å². The van der Waals surface area contributed by atoms with E-state index in [1.165, 1.54) is 29.0 Å². The molecule has 8 heteroatoms. The van der Waals surface area contributed by atoms with Crippen LogP contribution in [-0.4, -0.2) is 41.2 Å². The van der Waals surface area contributed by atoms with Gasteiger partial charge in [-0.2, -0.15) is 4.98 Å². The fourth-order valence-corrected chi connectivity index (χ4v) is 5.41. The largest absolute Gasteiger partial charge is 0.437 e. The maximum Gasteiger partial charge on any atom is 0.231 e. The fraction of sp³-hybridized carbons (Fsp3) is 0.429. The van der Waals surface area contributed by atoms with E-state index in [-0.39, 0.29) is 5.02 Å². The molecule has 5 rings (SSSR count). The highest BCUT2D eigenvalue weighted by Crippen LogP contribution is 2.41. The Labute approximate surface area is 177 Å². The SMILES string of the molecule is Fc1ccc(Oc2nc(CN3CCOCC3)nc3sc4c(c23)CCCC4)c(Cl)c1. The lowest BCUT2D eigenvalue weighted by atomic mass is 9.97. The van der Waals surface area contributed by atoms with Crippen molar-refractivity contribution in [3.8, 4) is 11.6 Å². The van der Waals surface area contributed by atoms with Crippen molar-refractivity contribution in [2.45, 2.75) is 32.2 Å². The number of ether oxygens (including phenoxy) is 2. The van der Waals surface area contributed by atoms with Crippen molar-refractivity contribution in [3.05, 3.63) is 45.3 Å². The van der Waals surface area contributed by atoms with Gasteiger partial charge in [0.1, 0.15) is 22.2 Å². The van der Waals surface area contributed by atoms with Crippen molar-refractivity contribution in [1.82, 2.24) is 14.9 Å². The first-order chi connectivity index (χ1) is 14.2. The second-order valence-corrected chi connectivity index (χ2v) is 8.89. The van der Waals surface area contributed by atoms with Gasteiger partial charge in [-0.25, -0.2) is 9.37 Å². The number of aromatic nitrogens is 2. The van der Waals surface area contributed by atoms with E-state index >= 15 is 0 Å². The van der Waals surface area contributed by atoms with Crippen LogP contribution in [0.1, 0.15) is 29.1 Å². The molecule has 3 heterocycles. The molecule has 1 aliphatic heterocycles. The predicted octanol–water partition coefficient (Wildman–Crippen LogP) is 4.99. The van der Waals surface area contributed by atoms with Gasteiger partial charge < -0.3 is 9.47 Å². The highest BCUT2D eigenvalue weighted by molar-refractivity contribution is 7.18. The lowest BCUT2D eigenvalue weighted by Gasteiger charge is -2.25. The summed E-state index contributed by atoms with van der Waals surface area (Å²) in [4.78, 5) is 14.3. The number of thiophene rings is 1. The number of benzene rings is 1. The number of hydrogen-bond donors (Lipinski definition) is 0. The van der Waals surface area contributed by atoms with Crippen molar-refractivity contribution in [3.63, 3.8) is 0 Å². The van der Waals surface area contributed by atoms with E-state index in [9.17, 15) is 4.39 Å². The average Bonchev–Trinajstić information content (AvgIpc) is 3.09. The summed E-state index contributed by atoms with van der Waals surface area (Å²) >= 11 is 7.96. The smallest absolute Gasteiger partial charge is 0.231 e. The summed E-state index contributed by atoms with van der Waals surface area (Å²) in [5.41, 5.74) is 1.29. The quantitative estimate of drug-likeness (QED) is 0.580. The molecule has 29 heavy (non-hydrogen) atoms. The van der Waals surface area contributed by atoms with E-state index in [4.69, 9.17) is 31.0 Å². The molecule has 0 spiro atoms. The first-order valence-electron chi connectivity index (χ1n) is 9.91. The molecule has 5 nitrogen and oxygen atoms in total. The van der Waals surface area contributed by atoms with Crippen molar-refractivity contribution in [2.24, 2.45) is 0 Å². The standard InChI is InChI=1S/C21H21ClFN3O2S/c22-15-11-13(23)5-6-16(15)28-20-19-14-3-1-2-4-17(14)29-21(19)25-18(24-20)12-26-7-9-27-10-8-26/h5-6,11H,1-4,7-10,12H2. The van der Waals surface area contributed by atoms with Crippen LogP contribution >= 0.6 is 22.9 Å². The van der Waals surface area contributed by atoms with Crippen LogP contribution in [-0.2, 0) is 24.1 Å². The van der Waals surface area contributed by atoms with E-state index in [2.05, 4.69) is 4.90 Å². The van der Waals surface area contributed by atoms with Gasteiger partial charge in [-0.05, 0) is 49.4 Å². The van der Waals surface area contributed by atoms with E-state index in [1.54, 1.807) is 17.4 Å². The lowest BCUT2D eigenvalue weighted by Crippen LogP contribution is -2.36. The first kappa shape index (κ1) is 19.2. The molecule has 1 fully saturated rings. The van der Waals surface area contributed by atoms with Crippen molar-refractivity contribution >= 4 is 33.2 Å². The Hall–Kier alpha value is -1.80. The van der Waals surface area contributed by atoms with Gasteiger partial charge >= 0.3 is 0 Å². The summed E-state index contributed by atoms with van der Waals surface area (Å²) in [5.74, 6) is 1.26. The van der Waals surface area contributed by atoms with Crippen LogP contribution in [0.2, 0.25) is 5.02 Å². The number of nitrogens with zero attached hydrogens (tertiary/aromatic N) is 3. The van der Waals surface area contributed by atoms with Crippen LogP contribution in [0.15, 0.2) is 18.2 Å². The summed E-state index contributed by atoms with van der Waals surface area (Å²) < 4.78 is 25.0. The zero-order valence-electron chi connectivity index (χ0n) is 15.9. The van der Waals surface area contributed by atoms with Crippen LogP contribution in [0.4, 0.5) is 4.39 Å². The molecule has 0 unspecified atom stereocenters. The lowest BCUT2D eigenvalue weighted by molar-refractivity contribution is 0.0330. The minimum Gasteiger partial charge on any atom is -0.437 e. The molecule has 0 amide bonds. The Bertz CT molecular complexity index is 1050. The van der Waals surface area contributed by atoms with Gasteiger partial charge in [0.15, 0.2) is 0 Å². The van der Waals surface area contributed by atoms with Gasteiger partial charge in [0.05, 0.1) is 30.2 Å². The van der Waals surface area contributed by atoms with Gasteiger partial charge in [0.25, 0.3) is 0 Å². The van der Waals surface area contributed by atoms with Gasteiger partial charge in [-0.15, -0.1) is 11.3 Å². The molecule has 0 saturated carbocycles. The number of hydrogen-bond acceptors (Lipinski definition) is 6. The van der Waals surface area contributed by atoms with Gasteiger partial charge in [0, 0.05) is 18.0 Å². The molecule has 2 aliphatic rings. The number of rotatable bonds is 4. The Kier molecular flexibility index (Phi) is 5.39. The van der Waals surface area contributed by atoms with Crippen molar-refractivity contribution < 1.29 is 13.9 Å². The highest BCUT2D eigenvalue weighted by atomic mass is 35.5. The summed E-state index contributed by atoms with van der Waals surface area (Å²) in [6.45, 7) is 3.83. The maximum absolute atomic E-state index is 13.5. The predicted molar refractivity (Wildman–Crippen MR) is 112 cm³/mol. The van der Waals surface area contributed by atoms with Crippen LogP contribution in [0.3, 0.4) is 0 Å². The average molecular weight is 434 g/mol. The Balaban J connectivity index is 1.57. The number of halogens is 2. The third-order valence-electron chi connectivity index (χ3n) is 5.40. The Morgan fingerprint density at radius 1 is 1.17 bits per heavy atom. The van der Waals surface area contributed by atoms with E-state index in [0.29, 0.717) is 18.2 Å². The second kappa shape index (κ2) is 8.14. The third-order valence-corrected chi connectivity index (χ3v) is 6.88. The molecule has 152 valence electrons.